The van der Waals surface area contributed by atoms with Crippen LogP contribution in [0.25, 0.3) is 0 Å². The number of nitrogens with one attached hydrogen (secondary N) is 2. The summed E-state index contributed by atoms with van der Waals surface area (Å²) in [4.78, 5) is 23.7. The number of benzene rings is 2. The summed E-state index contributed by atoms with van der Waals surface area (Å²) in [6.45, 7) is 3.97. The predicted molar refractivity (Wildman–Crippen MR) is 98.1 cm³/mol. The molecule has 7 heteroatoms. The Morgan fingerprint density at radius 2 is 1.60 bits per heavy atom. The average molecular weight is 381 g/mol. The highest BCUT2D eigenvalue weighted by atomic mass is 35.5. The Balaban J connectivity index is 1.81. The summed E-state index contributed by atoms with van der Waals surface area (Å²) in [7, 11) is 0. The zero-order valence-electron chi connectivity index (χ0n) is 13.8. The Morgan fingerprint density at radius 1 is 1.00 bits per heavy atom. The number of halogens is 2. The maximum atomic E-state index is 11.9. The van der Waals surface area contributed by atoms with Gasteiger partial charge in [0.25, 0.3) is 11.8 Å². The maximum absolute atomic E-state index is 11.9. The molecule has 0 bridgehead atoms. The Morgan fingerprint density at radius 3 is 2.16 bits per heavy atom. The third kappa shape index (κ3) is 5.96. The molecule has 0 aliphatic carbocycles. The fourth-order valence-corrected chi connectivity index (χ4v) is 2.54. The normalized spacial score (nSPS) is 10.4. The molecule has 2 rings (SSSR count). The lowest BCUT2D eigenvalue weighted by atomic mass is 10.0. The van der Waals surface area contributed by atoms with Crippen molar-refractivity contribution >= 4 is 35.0 Å². The van der Waals surface area contributed by atoms with Crippen molar-refractivity contribution in [1.29, 1.82) is 0 Å². The van der Waals surface area contributed by atoms with Gasteiger partial charge in [-0.2, -0.15) is 0 Å². The molecule has 2 N–H and O–H groups in total. The predicted octanol–water partition coefficient (Wildman–Crippen LogP) is 3.96. The first-order valence-electron chi connectivity index (χ1n) is 7.63. The zero-order valence-corrected chi connectivity index (χ0v) is 15.3. The molecule has 2 aromatic carbocycles. The topological polar surface area (TPSA) is 67.4 Å². The highest BCUT2D eigenvalue weighted by Crippen LogP contribution is 2.19. The Labute approximate surface area is 156 Å². The van der Waals surface area contributed by atoms with Crippen molar-refractivity contribution in [1.82, 2.24) is 10.9 Å². The molecule has 5 nitrogen and oxygen atoms in total. The van der Waals surface area contributed by atoms with Gasteiger partial charge in [-0.25, -0.2) is 0 Å². The largest absolute Gasteiger partial charge is 0.484 e. The summed E-state index contributed by atoms with van der Waals surface area (Å²) in [5.41, 5.74) is 5.97. The summed E-state index contributed by atoms with van der Waals surface area (Å²) in [5.74, 6) is -0.0199. The molecule has 0 heterocycles. The van der Waals surface area contributed by atoms with Gasteiger partial charge >= 0.3 is 0 Å². The molecule has 0 fully saturated rings. The van der Waals surface area contributed by atoms with Gasteiger partial charge in [0.15, 0.2) is 6.61 Å². The Bertz CT molecular complexity index is 741. The van der Waals surface area contributed by atoms with Crippen molar-refractivity contribution in [3.63, 3.8) is 0 Å². The lowest BCUT2D eigenvalue weighted by Gasteiger charge is -2.10. The minimum atomic E-state index is -0.529. The smallest absolute Gasteiger partial charge is 0.276 e. The quantitative estimate of drug-likeness (QED) is 0.771. The number of hydrazine groups is 1. The molecule has 0 unspecified atom stereocenters. The second kappa shape index (κ2) is 8.74. The second-order valence-electron chi connectivity index (χ2n) is 5.67. The molecular weight excluding hydrogens is 363 g/mol. The molecule has 0 radical (unpaired) electrons. The van der Waals surface area contributed by atoms with E-state index in [9.17, 15) is 9.59 Å². The third-order valence-electron chi connectivity index (χ3n) is 3.36. The summed E-state index contributed by atoms with van der Waals surface area (Å²) >= 11 is 11.7. The molecule has 0 spiro atoms. The van der Waals surface area contributed by atoms with E-state index in [1.165, 1.54) is 23.8 Å². The van der Waals surface area contributed by atoms with Crippen molar-refractivity contribution < 1.29 is 14.3 Å². The monoisotopic (exact) mass is 380 g/mol. The molecule has 0 aromatic heterocycles. The SMILES string of the molecule is CC(C)c1ccc(OCC(=O)NNC(=O)c2cc(Cl)cc(Cl)c2)cc1. The lowest BCUT2D eigenvalue weighted by Crippen LogP contribution is -2.43. The van der Waals surface area contributed by atoms with Crippen LogP contribution < -0.4 is 15.6 Å². The van der Waals surface area contributed by atoms with E-state index in [-0.39, 0.29) is 12.2 Å². The fourth-order valence-electron chi connectivity index (χ4n) is 2.02. The van der Waals surface area contributed by atoms with Crippen LogP contribution in [-0.2, 0) is 4.79 Å². The van der Waals surface area contributed by atoms with E-state index in [1.54, 1.807) is 12.1 Å². The van der Waals surface area contributed by atoms with Crippen molar-refractivity contribution in [2.75, 3.05) is 6.61 Å². The lowest BCUT2D eigenvalue weighted by molar-refractivity contribution is -0.123. The highest BCUT2D eigenvalue weighted by molar-refractivity contribution is 6.35. The number of carbonyl (C=O) groups is 2. The molecular formula is C18H18Cl2N2O3. The van der Waals surface area contributed by atoms with Crippen LogP contribution in [0.1, 0.15) is 35.7 Å². The van der Waals surface area contributed by atoms with E-state index in [0.29, 0.717) is 21.7 Å². The summed E-state index contributed by atoms with van der Waals surface area (Å²) in [5, 5.41) is 0.661. The molecule has 0 saturated heterocycles. The zero-order chi connectivity index (χ0) is 18.4. The van der Waals surface area contributed by atoms with Crippen LogP contribution in [0.5, 0.6) is 5.75 Å². The molecule has 0 saturated carbocycles. The summed E-state index contributed by atoms with van der Waals surface area (Å²) < 4.78 is 5.37. The molecule has 132 valence electrons. The third-order valence-corrected chi connectivity index (χ3v) is 3.79. The van der Waals surface area contributed by atoms with E-state index in [1.807, 2.05) is 12.1 Å². The molecule has 0 aliphatic heterocycles. The van der Waals surface area contributed by atoms with Gasteiger partial charge in [-0.3, -0.25) is 20.4 Å². The number of amides is 2. The van der Waals surface area contributed by atoms with Crippen LogP contribution in [0.15, 0.2) is 42.5 Å². The molecule has 0 atom stereocenters. The van der Waals surface area contributed by atoms with Crippen molar-refractivity contribution in [3.05, 3.63) is 63.6 Å². The first-order valence-corrected chi connectivity index (χ1v) is 8.39. The minimum absolute atomic E-state index is 0.225. The second-order valence-corrected chi connectivity index (χ2v) is 6.55. The number of carbonyl (C=O) groups excluding carboxylic acids is 2. The van der Waals surface area contributed by atoms with Crippen molar-refractivity contribution in [3.8, 4) is 5.75 Å². The first kappa shape index (κ1) is 19.1. The Kier molecular flexibility index (Phi) is 6.67. The summed E-state index contributed by atoms with van der Waals surface area (Å²) in [6, 6.07) is 11.9. The van der Waals surface area contributed by atoms with Gasteiger partial charge in [0.1, 0.15) is 5.75 Å². The van der Waals surface area contributed by atoms with Crippen LogP contribution in [-0.4, -0.2) is 18.4 Å². The standard InChI is InChI=1S/C18H18Cl2N2O3/c1-11(2)12-3-5-16(6-4-12)25-10-17(23)21-22-18(24)13-7-14(19)9-15(20)8-13/h3-9,11H,10H2,1-2H3,(H,21,23)(H,22,24). The first-order chi connectivity index (χ1) is 11.8. The van der Waals surface area contributed by atoms with Crippen LogP contribution in [0.4, 0.5) is 0 Å². The van der Waals surface area contributed by atoms with Gasteiger partial charge in [-0.1, -0.05) is 49.2 Å². The van der Waals surface area contributed by atoms with Gasteiger partial charge < -0.3 is 4.74 Å². The number of hydrogen-bond acceptors (Lipinski definition) is 3. The number of rotatable bonds is 5. The molecule has 25 heavy (non-hydrogen) atoms. The van der Waals surface area contributed by atoms with Gasteiger partial charge in [0.05, 0.1) is 0 Å². The van der Waals surface area contributed by atoms with Crippen molar-refractivity contribution in [2.45, 2.75) is 19.8 Å². The van der Waals surface area contributed by atoms with E-state index >= 15 is 0 Å². The van der Waals surface area contributed by atoms with Gasteiger partial charge in [0, 0.05) is 15.6 Å². The van der Waals surface area contributed by atoms with Crippen LogP contribution in [0.2, 0.25) is 10.0 Å². The van der Waals surface area contributed by atoms with Crippen molar-refractivity contribution in [2.24, 2.45) is 0 Å². The number of hydrogen-bond donors (Lipinski definition) is 2. The average Bonchev–Trinajstić information content (AvgIpc) is 2.57. The number of ether oxygens (including phenoxy) is 1. The highest BCUT2D eigenvalue weighted by Gasteiger charge is 2.10. The van der Waals surface area contributed by atoms with E-state index in [0.717, 1.165) is 0 Å². The Hall–Kier alpha value is -2.24. The maximum Gasteiger partial charge on any atom is 0.276 e. The van der Waals surface area contributed by atoms with Gasteiger partial charge in [0.2, 0.25) is 0 Å². The van der Waals surface area contributed by atoms with E-state index in [4.69, 9.17) is 27.9 Å². The van der Waals surface area contributed by atoms with Crippen LogP contribution in [0, 0.1) is 0 Å². The van der Waals surface area contributed by atoms with Crippen LogP contribution >= 0.6 is 23.2 Å². The van der Waals surface area contributed by atoms with Gasteiger partial charge in [-0.05, 0) is 41.8 Å². The molecule has 2 amide bonds. The van der Waals surface area contributed by atoms with E-state index in [2.05, 4.69) is 24.7 Å². The minimum Gasteiger partial charge on any atom is -0.484 e. The van der Waals surface area contributed by atoms with Crippen LogP contribution in [0.3, 0.4) is 0 Å². The van der Waals surface area contributed by atoms with Gasteiger partial charge in [-0.15, -0.1) is 0 Å². The van der Waals surface area contributed by atoms with E-state index < -0.39 is 11.8 Å². The molecule has 0 aliphatic rings. The molecule has 2 aromatic rings. The summed E-state index contributed by atoms with van der Waals surface area (Å²) in [6.07, 6.45) is 0. The fraction of sp³-hybridized carbons (Fsp3) is 0.222.